The molecule has 0 aromatic heterocycles. The summed E-state index contributed by atoms with van der Waals surface area (Å²) in [6.07, 6.45) is 0. The average molecular weight is 4450 g/mol. The Morgan fingerprint density at radius 2 is 0.361 bits per heavy atom. The number of hydrogen-bond donors (Lipinski definition) is 0. The van der Waals surface area contributed by atoms with E-state index in [0.717, 1.165) is 0 Å². The van der Waals surface area contributed by atoms with Gasteiger partial charge in [-0.3, -0.25) is 0 Å². The summed E-state index contributed by atoms with van der Waals surface area (Å²) >= 11 is 56.1. The molecule has 0 aliphatic heterocycles. The molecule has 36 heteroatoms. The second kappa shape index (κ2) is 36.7. The molecule has 0 unspecified atom stereocenters. The van der Waals surface area contributed by atoms with Crippen LogP contribution in [-0.2, 0) is 0 Å². The minimum absolute atomic E-state index is 0.450. The van der Waals surface area contributed by atoms with Gasteiger partial charge in [0, 0.05) is 0 Å². The van der Waals surface area contributed by atoms with Crippen molar-refractivity contribution in [3.05, 3.63) is 0 Å². The van der Waals surface area contributed by atoms with E-state index in [1.54, 1.807) is 0 Å². The number of rotatable bonds is 16. The van der Waals surface area contributed by atoms with Crippen molar-refractivity contribution >= 4 is 479 Å². The van der Waals surface area contributed by atoms with Crippen LogP contribution in [-0.4, -0.2) is 5.70 Å². The topological polar surface area (TPSA) is 0 Å². The van der Waals surface area contributed by atoms with Gasteiger partial charge in [0.25, 0.3) is 0 Å². The molecule has 0 fully saturated rings. The Morgan fingerprint density at radius 1 is 0.222 bits per heavy atom. The average Bonchev–Trinajstić information content (AvgIpc) is 2.85. The van der Waals surface area contributed by atoms with E-state index in [1.165, 1.54) is 0 Å². The molecule has 0 aromatic carbocycles. The Kier molecular flexibility index (Phi) is 62.8. The first kappa shape index (κ1) is 61.6. The first-order valence-corrected chi connectivity index (χ1v) is 220. The van der Waals surface area contributed by atoms with Crippen LogP contribution in [0.15, 0.2) is 0 Å². The number of hydrogen-bond acceptors (Lipinski definition) is 0. The van der Waals surface area contributed by atoms with Gasteiger partial charge >= 0.3 is 479 Å². The molecule has 0 N–H and O–H groups in total. The van der Waals surface area contributed by atoms with Crippen molar-refractivity contribution in [3.8, 4) is 0 Å². The zero-order chi connectivity index (χ0) is 28.8. The summed E-state index contributed by atoms with van der Waals surface area (Å²) in [4.78, 5) is 0. The van der Waals surface area contributed by atoms with E-state index in [4.69, 9.17) is 5.70 Å². The molecule has 0 aliphatic carbocycles. The predicted octanol–water partition coefficient (Wildman–Crippen LogP) is 30.6. The molecule has 0 aromatic rings. The molecule has 0 aliphatic rings. The fourth-order valence-corrected chi connectivity index (χ4v) is 6130. The fourth-order valence-electron chi connectivity index (χ4n) is 0.471. The molecule has 0 amide bonds. The first-order valence-electron chi connectivity index (χ1n) is 5.08. The van der Waals surface area contributed by atoms with Crippen LogP contribution in [0.1, 0.15) is 0 Å². The van der Waals surface area contributed by atoms with Gasteiger partial charge in [0.15, 0.2) is 0 Å². The van der Waals surface area contributed by atoms with Gasteiger partial charge in [-0.1, -0.05) is 0 Å². The molecule has 0 bridgehead atoms. The molecule has 2 radical (unpaired) electrons. The van der Waals surface area contributed by atoms with Crippen LogP contribution in [0.5, 0.6) is 0 Å². The third-order valence-electron chi connectivity index (χ3n) is 1.33. The summed E-state index contributed by atoms with van der Waals surface area (Å²) in [5.74, 6) is 0. The van der Waals surface area contributed by atoms with E-state index in [1.807, 2.05) is 0 Å². The molecule has 0 rings (SSSR count). The molecule has 36 heavy (non-hydrogen) atoms. The van der Waals surface area contributed by atoms with Crippen molar-refractivity contribution < 1.29 is 0 Å². The summed E-state index contributed by atoms with van der Waals surface area (Å²) in [7, 11) is -8.49. The molecule has 0 spiro atoms. The summed E-state index contributed by atoms with van der Waals surface area (Å²) in [5.41, 5.74) is 6.60. The second-order valence-corrected chi connectivity index (χ2v) is 806. The third kappa shape index (κ3) is 25.5. The molecule has 248 valence electrons. The van der Waals surface area contributed by atoms with E-state index in [9.17, 15) is 0 Å². The van der Waals surface area contributed by atoms with Crippen LogP contribution in [0.4, 0.5) is 0 Å². The van der Waals surface area contributed by atoms with Gasteiger partial charge < -0.3 is 0 Å². The van der Waals surface area contributed by atoms with E-state index in [2.05, 4.69) is 335 Å². The standard InChI is InChI=1S/BI35/c1-20(2)22(5)24(7)26(9)28(11)30(13)32(15)34(17)36(19)35(18)33(16)31(14)29(12)27(10)25(8)23(6)21(3)4. The van der Waals surface area contributed by atoms with Crippen LogP contribution >= 0.6 is 473 Å². The molecule has 0 atom stereocenters. The van der Waals surface area contributed by atoms with E-state index < -0.39 is 138 Å². The van der Waals surface area contributed by atoms with E-state index >= 15 is 0 Å². The molecule has 0 nitrogen and oxygen atoms in total. The van der Waals surface area contributed by atoms with Gasteiger partial charge in [-0.25, -0.2) is 0 Å². The van der Waals surface area contributed by atoms with E-state index in [0.29, 0.717) is 0 Å². The van der Waals surface area contributed by atoms with Crippen molar-refractivity contribution in [3.63, 3.8) is 0 Å². The van der Waals surface area contributed by atoms with Crippen LogP contribution in [0.25, 0.3) is 0 Å². The van der Waals surface area contributed by atoms with Crippen LogP contribution < -0.4 is 0 Å². The van der Waals surface area contributed by atoms with Gasteiger partial charge in [0.1, 0.15) is 0 Å². The van der Waals surface area contributed by atoms with Crippen molar-refractivity contribution in [2.45, 2.75) is 0 Å². The van der Waals surface area contributed by atoms with Crippen LogP contribution in [0.2, 0.25) is 0 Å². The maximum absolute atomic E-state index is 6.60. The third-order valence-corrected chi connectivity index (χ3v) is 2580. The van der Waals surface area contributed by atoms with Gasteiger partial charge in [0.2, 0.25) is 0 Å². The normalized spacial score (nSPS) is 18.6. The van der Waals surface area contributed by atoms with Crippen molar-refractivity contribution in [2.24, 2.45) is 0 Å². The van der Waals surface area contributed by atoms with Gasteiger partial charge in [-0.2, -0.15) is 0 Å². The molecule has 0 saturated carbocycles. The van der Waals surface area contributed by atoms with Crippen molar-refractivity contribution in [1.82, 2.24) is 0 Å². The van der Waals surface area contributed by atoms with E-state index in [-0.39, 0.29) is 0 Å². The zero-order valence-corrected chi connectivity index (χ0v) is 89.3. The quantitative estimate of drug-likeness (QED) is 0.107. The summed E-state index contributed by atoms with van der Waals surface area (Å²) in [6, 6.07) is 0. The number of halogens is 35. The SMILES string of the molecule is [B]I(I)I(I)I(I)I(I)I(I)I(I)I(I)I(I)I(I)I(I)I(I)I(I)I(I)I(I)I(I)I(I)I(I)I. The van der Waals surface area contributed by atoms with Crippen molar-refractivity contribution in [2.75, 3.05) is 0 Å². The maximum atomic E-state index is 6.60. The Hall–Kier alpha value is 25.6. The van der Waals surface area contributed by atoms with Gasteiger partial charge in [-0.15, -0.1) is 0 Å². The van der Waals surface area contributed by atoms with Crippen LogP contribution in [0.3, 0.4) is 0 Å². The van der Waals surface area contributed by atoms with Gasteiger partial charge in [-0.05, 0) is 0 Å². The molecular weight excluding hydrogens is 4450 g/mol. The minimum atomic E-state index is -0.956. The molecule has 0 saturated heterocycles. The predicted molar refractivity (Wildman–Crippen MR) is 496 cm³/mol. The zero-order valence-electron chi connectivity index (χ0n) is 13.8. The summed E-state index contributed by atoms with van der Waals surface area (Å²) in [5, 5.41) is 0. The Bertz CT molecular complexity index is 531. The van der Waals surface area contributed by atoms with Crippen LogP contribution in [0, 0.1) is 0 Å². The van der Waals surface area contributed by atoms with Gasteiger partial charge in [0.05, 0.1) is 0 Å². The van der Waals surface area contributed by atoms with Crippen molar-refractivity contribution in [1.29, 1.82) is 0 Å². The molecular formula is BI35. The first-order chi connectivity index (χ1) is 16.3. The summed E-state index contributed by atoms with van der Waals surface area (Å²) in [6.45, 7) is 0. The molecule has 0 heterocycles. The monoisotopic (exact) mass is 4450 g/mol. The Balaban J connectivity index is 5.33. The Morgan fingerprint density at radius 3 is 0.500 bits per heavy atom. The summed E-state index contributed by atoms with van der Waals surface area (Å²) < 4.78 is 0. The Labute approximate surface area is 451 Å². The fraction of sp³-hybridized carbons (Fsp3) is 0. The second-order valence-electron chi connectivity index (χ2n) is 2.81.